The van der Waals surface area contributed by atoms with E-state index >= 15 is 0 Å². The molecule has 0 fully saturated rings. The number of aliphatic hydroxyl groups excluding tert-OH is 1. The molecule has 0 spiro atoms. The summed E-state index contributed by atoms with van der Waals surface area (Å²) in [4.78, 5) is 4.16. The summed E-state index contributed by atoms with van der Waals surface area (Å²) in [6.07, 6.45) is 5.01. The number of rotatable bonds is 3. The van der Waals surface area contributed by atoms with Gasteiger partial charge in [-0.25, -0.2) is 4.98 Å². The zero-order valence-corrected chi connectivity index (χ0v) is 8.84. The summed E-state index contributed by atoms with van der Waals surface area (Å²) < 4.78 is 7.12. The maximum absolute atomic E-state index is 9.94. The molecular weight excluding hydrogens is 192 g/mol. The minimum atomic E-state index is -0.624. The average molecular weight is 206 g/mol. The maximum Gasteiger partial charge on any atom is 0.135 e. The Balaban J connectivity index is 2.14. The molecular formula is C11H14N2O2. The van der Waals surface area contributed by atoms with E-state index in [-0.39, 0.29) is 0 Å². The van der Waals surface area contributed by atoms with Gasteiger partial charge in [0, 0.05) is 25.9 Å². The third-order valence-corrected chi connectivity index (χ3v) is 2.50. The number of hydrogen-bond donors (Lipinski definition) is 1. The Labute approximate surface area is 88.2 Å². The molecule has 0 aliphatic rings. The molecule has 15 heavy (non-hydrogen) atoms. The van der Waals surface area contributed by atoms with Gasteiger partial charge in [0.25, 0.3) is 0 Å². The molecule has 2 heterocycles. The van der Waals surface area contributed by atoms with Gasteiger partial charge < -0.3 is 14.1 Å². The highest BCUT2D eigenvalue weighted by atomic mass is 16.4. The molecule has 0 bridgehead atoms. The van der Waals surface area contributed by atoms with Crippen LogP contribution in [0.15, 0.2) is 29.1 Å². The molecule has 0 radical (unpaired) electrons. The minimum Gasteiger partial charge on any atom is -0.466 e. The Morgan fingerprint density at radius 1 is 1.60 bits per heavy atom. The van der Waals surface area contributed by atoms with Crippen LogP contribution in [0.2, 0.25) is 0 Å². The zero-order chi connectivity index (χ0) is 10.8. The second kappa shape index (κ2) is 3.90. The van der Waals surface area contributed by atoms with E-state index in [1.54, 1.807) is 12.5 Å². The van der Waals surface area contributed by atoms with Crippen molar-refractivity contribution in [2.24, 2.45) is 7.05 Å². The van der Waals surface area contributed by atoms with Crippen molar-refractivity contribution in [1.82, 2.24) is 9.55 Å². The first-order valence-electron chi connectivity index (χ1n) is 4.86. The molecule has 0 aliphatic carbocycles. The molecule has 2 rings (SSSR count). The van der Waals surface area contributed by atoms with Crippen LogP contribution < -0.4 is 0 Å². The van der Waals surface area contributed by atoms with Crippen molar-refractivity contribution in [2.75, 3.05) is 0 Å². The Bertz CT molecular complexity index is 445. The number of imidazole rings is 1. The number of aromatic nitrogens is 2. The first-order chi connectivity index (χ1) is 7.18. The summed E-state index contributed by atoms with van der Waals surface area (Å²) in [6, 6.07) is 1.84. The summed E-state index contributed by atoms with van der Waals surface area (Å²) in [5, 5.41) is 9.94. The van der Waals surface area contributed by atoms with Crippen molar-refractivity contribution in [3.8, 4) is 0 Å². The van der Waals surface area contributed by atoms with E-state index in [4.69, 9.17) is 4.42 Å². The predicted molar refractivity (Wildman–Crippen MR) is 55.3 cm³/mol. The molecule has 2 aromatic heterocycles. The molecule has 0 saturated heterocycles. The lowest BCUT2D eigenvalue weighted by molar-refractivity contribution is 0.146. The fourth-order valence-corrected chi connectivity index (χ4v) is 1.58. The number of nitrogens with zero attached hydrogens (tertiary/aromatic N) is 2. The SMILES string of the molecule is Cc1ccoc1C(O)Cc1nccn1C. The molecule has 0 saturated carbocycles. The molecule has 80 valence electrons. The molecule has 4 nitrogen and oxygen atoms in total. The van der Waals surface area contributed by atoms with Crippen molar-refractivity contribution in [1.29, 1.82) is 0 Å². The lowest BCUT2D eigenvalue weighted by atomic mass is 10.1. The molecule has 0 amide bonds. The number of aliphatic hydroxyl groups is 1. The van der Waals surface area contributed by atoms with E-state index in [0.717, 1.165) is 11.4 Å². The van der Waals surface area contributed by atoms with Gasteiger partial charge in [0.05, 0.1) is 6.26 Å². The Morgan fingerprint density at radius 3 is 2.93 bits per heavy atom. The van der Waals surface area contributed by atoms with E-state index < -0.39 is 6.10 Å². The van der Waals surface area contributed by atoms with Crippen LogP contribution in [0.1, 0.15) is 23.3 Å². The van der Waals surface area contributed by atoms with Gasteiger partial charge in [-0.15, -0.1) is 0 Å². The topological polar surface area (TPSA) is 51.2 Å². The zero-order valence-electron chi connectivity index (χ0n) is 8.84. The van der Waals surface area contributed by atoms with Crippen LogP contribution in [0.3, 0.4) is 0 Å². The lowest BCUT2D eigenvalue weighted by Gasteiger charge is -2.08. The van der Waals surface area contributed by atoms with Crippen LogP contribution in [0.5, 0.6) is 0 Å². The fraction of sp³-hybridized carbons (Fsp3) is 0.364. The van der Waals surface area contributed by atoms with Crippen molar-refractivity contribution < 1.29 is 9.52 Å². The van der Waals surface area contributed by atoms with Crippen LogP contribution in [0.25, 0.3) is 0 Å². The average Bonchev–Trinajstić information content (AvgIpc) is 2.76. The van der Waals surface area contributed by atoms with E-state index in [9.17, 15) is 5.11 Å². The van der Waals surface area contributed by atoms with Gasteiger partial charge in [-0.3, -0.25) is 0 Å². The van der Waals surface area contributed by atoms with E-state index in [1.807, 2.05) is 30.8 Å². The van der Waals surface area contributed by atoms with Crippen LogP contribution in [0.4, 0.5) is 0 Å². The summed E-state index contributed by atoms with van der Waals surface area (Å²) in [7, 11) is 1.91. The normalized spacial score (nSPS) is 13.0. The number of hydrogen-bond acceptors (Lipinski definition) is 3. The highest BCUT2D eigenvalue weighted by molar-refractivity contribution is 5.17. The summed E-state index contributed by atoms with van der Waals surface area (Å²) in [5.74, 6) is 1.47. The second-order valence-electron chi connectivity index (χ2n) is 3.64. The van der Waals surface area contributed by atoms with Crippen LogP contribution in [-0.2, 0) is 13.5 Å². The summed E-state index contributed by atoms with van der Waals surface area (Å²) in [6.45, 7) is 1.92. The van der Waals surface area contributed by atoms with Crippen LogP contribution >= 0.6 is 0 Å². The van der Waals surface area contributed by atoms with E-state index in [1.165, 1.54) is 0 Å². The highest BCUT2D eigenvalue weighted by Crippen LogP contribution is 2.21. The third kappa shape index (κ3) is 1.94. The van der Waals surface area contributed by atoms with Gasteiger partial charge >= 0.3 is 0 Å². The van der Waals surface area contributed by atoms with Gasteiger partial charge in [0.1, 0.15) is 17.7 Å². The molecule has 1 atom stereocenters. The van der Waals surface area contributed by atoms with Crippen molar-refractivity contribution in [3.05, 3.63) is 41.9 Å². The predicted octanol–water partition coefficient (Wildman–Crippen LogP) is 1.60. The summed E-state index contributed by atoms with van der Waals surface area (Å²) >= 11 is 0. The first-order valence-corrected chi connectivity index (χ1v) is 4.86. The Hall–Kier alpha value is -1.55. The standard InChI is InChI=1S/C11H14N2O2/c1-8-3-6-15-11(8)9(14)7-10-12-4-5-13(10)2/h3-6,9,14H,7H2,1-2H3. The second-order valence-corrected chi connectivity index (χ2v) is 3.64. The van der Waals surface area contributed by atoms with Crippen molar-refractivity contribution in [2.45, 2.75) is 19.4 Å². The molecule has 2 aromatic rings. The summed E-state index contributed by atoms with van der Waals surface area (Å²) in [5.41, 5.74) is 0.969. The third-order valence-electron chi connectivity index (χ3n) is 2.50. The van der Waals surface area contributed by atoms with Gasteiger partial charge in [-0.2, -0.15) is 0 Å². The Morgan fingerprint density at radius 2 is 2.40 bits per heavy atom. The van der Waals surface area contributed by atoms with E-state index in [0.29, 0.717) is 12.2 Å². The molecule has 0 aromatic carbocycles. The number of furan rings is 1. The minimum absolute atomic E-state index is 0.470. The van der Waals surface area contributed by atoms with Crippen molar-refractivity contribution >= 4 is 0 Å². The highest BCUT2D eigenvalue weighted by Gasteiger charge is 2.16. The van der Waals surface area contributed by atoms with Gasteiger partial charge in [0.15, 0.2) is 0 Å². The quantitative estimate of drug-likeness (QED) is 0.829. The largest absolute Gasteiger partial charge is 0.466 e. The van der Waals surface area contributed by atoms with E-state index in [2.05, 4.69) is 4.98 Å². The van der Waals surface area contributed by atoms with Crippen LogP contribution in [-0.4, -0.2) is 14.7 Å². The molecule has 1 N–H and O–H groups in total. The first kappa shape index (κ1) is 9.98. The molecule has 0 aliphatic heterocycles. The molecule has 1 unspecified atom stereocenters. The van der Waals surface area contributed by atoms with Gasteiger partial charge in [0.2, 0.25) is 0 Å². The number of aryl methyl sites for hydroxylation is 2. The Kier molecular flexibility index (Phi) is 2.60. The smallest absolute Gasteiger partial charge is 0.135 e. The molecule has 4 heteroatoms. The van der Waals surface area contributed by atoms with Crippen LogP contribution in [0, 0.1) is 6.92 Å². The van der Waals surface area contributed by atoms with Crippen molar-refractivity contribution in [3.63, 3.8) is 0 Å². The van der Waals surface area contributed by atoms with Gasteiger partial charge in [-0.1, -0.05) is 0 Å². The van der Waals surface area contributed by atoms with Gasteiger partial charge in [-0.05, 0) is 18.6 Å². The maximum atomic E-state index is 9.94. The lowest BCUT2D eigenvalue weighted by Crippen LogP contribution is -2.06. The fourth-order valence-electron chi connectivity index (χ4n) is 1.58. The monoisotopic (exact) mass is 206 g/mol.